The van der Waals surface area contributed by atoms with Crippen LogP contribution in [0.4, 0.5) is 0 Å². The molecule has 1 atom stereocenters. The van der Waals surface area contributed by atoms with E-state index in [2.05, 4.69) is 18.0 Å². The third kappa shape index (κ3) is 3.81. The Morgan fingerprint density at radius 3 is 2.72 bits per heavy atom. The molecule has 0 saturated heterocycles. The van der Waals surface area contributed by atoms with E-state index in [1.54, 1.807) is 6.20 Å². The maximum atomic E-state index is 10.3. The number of aliphatic hydroxyl groups is 1. The molecule has 1 aromatic heterocycles. The van der Waals surface area contributed by atoms with Crippen LogP contribution in [-0.2, 0) is 6.42 Å². The molecular formula is C16H25NO. The van der Waals surface area contributed by atoms with Crippen LogP contribution in [0.15, 0.2) is 24.5 Å². The van der Waals surface area contributed by atoms with Gasteiger partial charge in [-0.05, 0) is 49.1 Å². The summed E-state index contributed by atoms with van der Waals surface area (Å²) < 4.78 is 0. The van der Waals surface area contributed by atoms with Gasteiger partial charge in [0.1, 0.15) is 0 Å². The molecule has 1 aromatic rings. The van der Waals surface area contributed by atoms with Gasteiger partial charge in [-0.3, -0.25) is 4.98 Å². The zero-order valence-electron chi connectivity index (χ0n) is 11.4. The minimum Gasteiger partial charge on any atom is -0.393 e. The summed E-state index contributed by atoms with van der Waals surface area (Å²) in [5.74, 6) is 1.44. The summed E-state index contributed by atoms with van der Waals surface area (Å²) in [6.07, 6.45) is 11.8. The molecular weight excluding hydrogens is 222 g/mol. The van der Waals surface area contributed by atoms with E-state index >= 15 is 0 Å². The van der Waals surface area contributed by atoms with Gasteiger partial charge in [-0.2, -0.15) is 0 Å². The van der Waals surface area contributed by atoms with Crippen molar-refractivity contribution < 1.29 is 5.11 Å². The summed E-state index contributed by atoms with van der Waals surface area (Å²) >= 11 is 0. The molecule has 0 spiro atoms. The van der Waals surface area contributed by atoms with E-state index in [0.29, 0.717) is 5.92 Å². The predicted molar refractivity (Wildman–Crippen MR) is 74.3 cm³/mol. The zero-order chi connectivity index (χ0) is 12.8. The first-order chi connectivity index (χ1) is 8.79. The molecule has 2 nitrogen and oxygen atoms in total. The first-order valence-corrected chi connectivity index (χ1v) is 7.36. The van der Waals surface area contributed by atoms with Crippen LogP contribution in [-0.4, -0.2) is 16.2 Å². The van der Waals surface area contributed by atoms with Gasteiger partial charge < -0.3 is 5.11 Å². The maximum absolute atomic E-state index is 10.3. The Morgan fingerprint density at radius 1 is 1.33 bits per heavy atom. The molecule has 2 heteroatoms. The van der Waals surface area contributed by atoms with Crippen LogP contribution in [0, 0.1) is 11.8 Å². The summed E-state index contributed by atoms with van der Waals surface area (Å²) in [6.45, 7) is 2.28. The number of aryl methyl sites for hydroxylation is 1. The number of aliphatic hydroxyl groups excluding tert-OH is 1. The molecule has 1 aliphatic carbocycles. The van der Waals surface area contributed by atoms with Crippen molar-refractivity contribution in [2.75, 3.05) is 0 Å². The molecule has 1 saturated carbocycles. The molecule has 0 bridgehead atoms. The molecule has 2 rings (SSSR count). The smallest absolute Gasteiger partial charge is 0.0571 e. The Bertz CT molecular complexity index is 330. The molecule has 1 aliphatic rings. The number of pyridine rings is 1. The highest BCUT2D eigenvalue weighted by atomic mass is 16.3. The molecule has 0 radical (unpaired) electrons. The van der Waals surface area contributed by atoms with Crippen molar-refractivity contribution in [1.82, 2.24) is 4.98 Å². The van der Waals surface area contributed by atoms with Gasteiger partial charge >= 0.3 is 0 Å². The monoisotopic (exact) mass is 247 g/mol. The zero-order valence-corrected chi connectivity index (χ0v) is 11.4. The number of nitrogens with zero attached hydrogens (tertiary/aromatic N) is 1. The largest absolute Gasteiger partial charge is 0.393 e. The lowest BCUT2D eigenvalue weighted by atomic mass is 9.77. The molecule has 1 unspecified atom stereocenters. The number of rotatable bonds is 5. The second-order valence-electron chi connectivity index (χ2n) is 5.66. The quantitative estimate of drug-likeness (QED) is 0.862. The second kappa shape index (κ2) is 6.89. The summed E-state index contributed by atoms with van der Waals surface area (Å²) in [5.41, 5.74) is 1.23. The molecule has 1 N–H and O–H groups in total. The van der Waals surface area contributed by atoms with Crippen LogP contribution in [0.2, 0.25) is 0 Å². The van der Waals surface area contributed by atoms with E-state index in [1.807, 2.05) is 12.3 Å². The minimum atomic E-state index is -0.122. The molecule has 1 heterocycles. The van der Waals surface area contributed by atoms with E-state index in [0.717, 1.165) is 18.8 Å². The van der Waals surface area contributed by atoms with Crippen LogP contribution >= 0.6 is 0 Å². The Balaban J connectivity index is 1.73. The Kier molecular flexibility index (Phi) is 5.18. The summed E-state index contributed by atoms with van der Waals surface area (Å²) in [6, 6.07) is 4.06. The first kappa shape index (κ1) is 13.5. The van der Waals surface area contributed by atoms with E-state index in [-0.39, 0.29) is 6.10 Å². The van der Waals surface area contributed by atoms with Crippen molar-refractivity contribution in [3.63, 3.8) is 0 Å². The Morgan fingerprint density at radius 2 is 2.11 bits per heavy atom. The van der Waals surface area contributed by atoms with Crippen molar-refractivity contribution >= 4 is 0 Å². The van der Waals surface area contributed by atoms with Crippen molar-refractivity contribution in [3.05, 3.63) is 30.1 Å². The molecule has 100 valence electrons. The van der Waals surface area contributed by atoms with E-state index in [9.17, 15) is 5.11 Å². The average Bonchev–Trinajstić information content (AvgIpc) is 2.46. The molecule has 0 amide bonds. The fraction of sp³-hybridized carbons (Fsp3) is 0.688. The van der Waals surface area contributed by atoms with Crippen LogP contribution in [0.25, 0.3) is 0 Å². The van der Waals surface area contributed by atoms with Gasteiger partial charge in [-0.1, -0.05) is 32.3 Å². The normalized spacial score (nSPS) is 25.9. The maximum Gasteiger partial charge on any atom is 0.0571 e. The van der Waals surface area contributed by atoms with Gasteiger partial charge in [-0.25, -0.2) is 0 Å². The highest BCUT2D eigenvalue weighted by Gasteiger charge is 2.25. The SMILES string of the molecule is CCC1CCC(C(O)CCc2cccnc2)CC1. The van der Waals surface area contributed by atoms with Gasteiger partial charge in [-0.15, -0.1) is 0 Å². The first-order valence-electron chi connectivity index (χ1n) is 7.36. The number of hydrogen-bond acceptors (Lipinski definition) is 2. The lowest BCUT2D eigenvalue weighted by Crippen LogP contribution is -2.26. The Labute approximate surface area is 110 Å². The highest BCUT2D eigenvalue weighted by Crippen LogP contribution is 2.33. The standard InChI is InChI=1S/C16H25NO/c1-2-13-5-8-15(9-6-13)16(18)10-7-14-4-3-11-17-12-14/h3-4,11-13,15-16,18H,2,5-10H2,1H3. The predicted octanol–water partition coefficient (Wildman–Crippen LogP) is 3.59. The van der Waals surface area contributed by atoms with Crippen molar-refractivity contribution in [2.45, 2.75) is 58.0 Å². The number of hydrogen-bond donors (Lipinski definition) is 1. The van der Waals surface area contributed by atoms with Crippen LogP contribution in [0.1, 0.15) is 51.0 Å². The van der Waals surface area contributed by atoms with Gasteiger partial charge in [0, 0.05) is 12.4 Å². The van der Waals surface area contributed by atoms with Crippen molar-refractivity contribution in [1.29, 1.82) is 0 Å². The third-order valence-corrected chi connectivity index (χ3v) is 4.46. The fourth-order valence-electron chi connectivity index (χ4n) is 3.08. The van der Waals surface area contributed by atoms with Crippen molar-refractivity contribution in [2.24, 2.45) is 11.8 Å². The Hall–Kier alpha value is -0.890. The van der Waals surface area contributed by atoms with Crippen molar-refractivity contribution in [3.8, 4) is 0 Å². The molecule has 0 aromatic carbocycles. The van der Waals surface area contributed by atoms with Gasteiger partial charge in [0.15, 0.2) is 0 Å². The fourth-order valence-corrected chi connectivity index (χ4v) is 3.08. The molecule has 1 fully saturated rings. The summed E-state index contributed by atoms with van der Waals surface area (Å²) in [7, 11) is 0. The van der Waals surface area contributed by atoms with Crippen LogP contribution < -0.4 is 0 Å². The number of aromatic nitrogens is 1. The average molecular weight is 247 g/mol. The van der Waals surface area contributed by atoms with Gasteiger partial charge in [0.2, 0.25) is 0 Å². The second-order valence-corrected chi connectivity index (χ2v) is 5.66. The van der Waals surface area contributed by atoms with Crippen LogP contribution in [0.5, 0.6) is 0 Å². The lowest BCUT2D eigenvalue weighted by Gasteiger charge is -2.31. The third-order valence-electron chi connectivity index (χ3n) is 4.46. The lowest BCUT2D eigenvalue weighted by molar-refractivity contribution is 0.0666. The molecule has 0 aliphatic heterocycles. The summed E-state index contributed by atoms with van der Waals surface area (Å²) in [4.78, 5) is 4.11. The van der Waals surface area contributed by atoms with E-state index < -0.39 is 0 Å². The van der Waals surface area contributed by atoms with E-state index in [4.69, 9.17) is 0 Å². The molecule has 18 heavy (non-hydrogen) atoms. The minimum absolute atomic E-state index is 0.122. The summed E-state index contributed by atoms with van der Waals surface area (Å²) in [5, 5.41) is 10.3. The van der Waals surface area contributed by atoms with Gasteiger partial charge in [0.25, 0.3) is 0 Å². The topological polar surface area (TPSA) is 33.1 Å². The van der Waals surface area contributed by atoms with Crippen LogP contribution in [0.3, 0.4) is 0 Å². The highest BCUT2D eigenvalue weighted by molar-refractivity contribution is 5.08. The van der Waals surface area contributed by atoms with Gasteiger partial charge in [0.05, 0.1) is 6.10 Å². The van der Waals surface area contributed by atoms with E-state index in [1.165, 1.54) is 37.7 Å².